The molecule has 0 saturated carbocycles. The zero-order valence-corrected chi connectivity index (χ0v) is 12.4. The molecule has 0 aromatic heterocycles. The van der Waals surface area contributed by atoms with Crippen molar-refractivity contribution >= 4 is 20.8 Å². The lowest BCUT2D eigenvalue weighted by Gasteiger charge is -2.21. The van der Waals surface area contributed by atoms with E-state index in [1.807, 2.05) is 49.4 Å². The minimum absolute atomic E-state index is 0.0959. The van der Waals surface area contributed by atoms with Crippen molar-refractivity contribution in [3.63, 3.8) is 0 Å². The van der Waals surface area contributed by atoms with Gasteiger partial charge in [0.15, 0.2) is 0 Å². The maximum Gasteiger partial charge on any atom is 0.218 e. The van der Waals surface area contributed by atoms with Crippen LogP contribution in [-0.2, 0) is 15.8 Å². The summed E-state index contributed by atoms with van der Waals surface area (Å²) in [5, 5.41) is 2.13. The predicted molar refractivity (Wildman–Crippen MR) is 82.0 cm³/mol. The Balaban J connectivity index is 1.97. The molecule has 0 aliphatic carbocycles. The smallest absolute Gasteiger partial charge is 0.212 e. The summed E-state index contributed by atoms with van der Waals surface area (Å²) in [5.74, 6) is 0.0959. The van der Waals surface area contributed by atoms with Crippen LogP contribution in [0.25, 0.3) is 10.8 Å². The average molecular weight is 289 g/mol. The minimum atomic E-state index is -3.22. The van der Waals surface area contributed by atoms with Crippen LogP contribution in [0.4, 0.5) is 0 Å². The molecule has 2 aromatic carbocycles. The fourth-order valence-corrected chi connectivity index (χ4v) is 4.89. The van der Waals surface area contributed by atoms with Crippen molar-refractivity contribution in [3.8, 4) is 0 Å². The van der Waals surface area contributed by atoms with Crippen LogP contribution in [0.15, 0.2) is 42.5 Å². The van der Waals surface area contributed by atoms with Crippen LogP contribution >= 0.6 is 0 Å². The topological polar surface area (TPSA) is 37.4 Å². The van der Waals surface area contributed by atoms with Crippen LogP contribution in [0.3, 0.4) is 0 Å². The lowest BCUT2D eigenvalue weighted by Crippen LogP contribution is -2.34. The van der Waals surface area contributed by atoms with Crippen molar-refractivity contribution < 1.29 is 8.42 Å². The summed E-state index contributed by atoms with van der Waals surface area (Å²) in [6.45, 7) is 2.65. The number of hydrogen-bond acceptors (Lipinski definition) is 2. The van der Waals surface area contributed by atoms with Gasteiger partial charge in [0.25, 0.3) is 0 Å². The quantitative estimate of drug-likeness (QED) is 0.870. The van der Waals surface area contributed by atoms with E-state index in [2.05, 4.69) is 0 Å². The van der Waals surface area contributed by atoms with Gasteiger partial charge in [-0.2, -0.15) is 4.31 Å². The van der Waals surface area contributed by atoms with E-state index in [1.54, 1.807) is 4.31 Å². The molecule has 4 heteroatoms. The molecule has 1 atom stereocenters. The summed E-state index contributed by atoms with van der Waals surface area (Å²) in [6.07, 6.45) is 1.94. The zero-order chi connectivity index (χ0) is 14.2. The van der Waals surface area contributed by atoms with E-state index in [0.717, 1.165) is 29.2 Å². The highest BCUT2D eigenvalue weighted by atomic mass is 32.2. The molecule has 3 nitrogen and oxygen atoms in total. The molecule has 1 aliphatic heterocycles. The first-order chi connectivity index (χ1) is 9.58. The maximum absolute atomic E-state index is 12.6. The second kappa shape index (κ2) is 5.19. The highest BCUT2D eigenvalue weighted by molar-refractivity contribution is 7.88. The Morgan fingerprint density at radius 1 is 1.15 bits per heavy atom. The molecule has 106 valence electrons. The lowest BCUT2D eigenvalue weighted by atomic mass is 10.1. The fourth-order valence-electron chi connectivity index (χ4n) is 3.02. The van der Waals surface area contributed by atoms with Gasteiger partial charge in [0, 0.05) is 12.6 Å². The molecule has 0 amide bonds. The number of hydrogen-bond donors (Lipinski definition) is 0. The molecule has 3 rings (SSSR count). The highest BCUT2D eigenvalue weighted by Gasteiger charge is 2.31. The normalized spacial score (nSPS) is 20.6. The summed E-state index contributed by atoms with van der Waals surface area (Å²) < 4.78 is 26.8. The van der Waals surface area contributed by atoms with Crippen molar-refractivity contribution in [2.45, 2.75) is 31.6 Å². The van der Waals surface area contributed by atoms with Gasteiger partial charge in [-0.25, -0.2) is 8.42 Å². The Bertz CT molecular complexity index is 719. The summed E-state index contributed by atoms with van der Waals surface area (Å²) >= 11 is 0. The first-order valence-corrected chi connectivity index (χ1v) is 8.65. The van der Waals surface area contributed by atoms with Gasteiger partial charge < -0.3 is 0 Å². The summed E-state index contributed by atoms with van der Waals surface area (Å²) in [4.78, 5) is 0. The van der Waals surface area contributed by atoms with E-state index in [-0.39, 0.29) is 11.8 Å². The number of nitrogens with zero attached hydrogens (tertiary/aromatic N) is 1. The first kappa shape index (κ1) is 13.6. The minimum Gasteiger partial charge on any atom is -0.212 e. The third-order valence-electron chi connectivity index (χ3n) is 4.07. The van der Waals surface area contributed by atoms with Crippen LogP contribution < -0.4 is 0 Å². The van der Waals surface area contributed by atoms with E-state index in [1.165, 1.54) is 0 Å². The Morgan fingerprint density at radius 2 is 1.90 bits per heavy atom. The molecule has 20 heavy (non-hydrogen) atoms. The molecular weight excluding hydrogens is 270 g/mol. The van der Waals surface area contributed by atoms with Gasteiger partial charge in [0.05, 0.1) is 5.75 Å². The molecule has 1 aliphatic rings. The van der Waals surface area contributed by atoms with Crippen LogP contribution in [0, 0.1) is 0 Å². The SMILES string of the molecule is CC1CCCN1S(=O)(=O)Cc1cccc2ccccc12. The monoisotopic (exact) mass is 289 g/mol. The van der Waals surface area contributed by atoms with Crippen LogP contribution in [0.5, 0.6) is 0 Å². The van der Waals surface area contributed by atoms with Crippen molar-refractivity contribution in [2.24, 2.45) is 0 Å². The molecule has 1 fully saturated rings. The Labute approximate surface area is 120 Å². The molecule has 1 saturated heterocycles. The third kappa shape index (κ3) is 2.45. The number of sulfonamides is 1. The predicted octanol–water partition coefficient (Wildman–Crippen LogP) is 3.15. The van der Waals surface area contributed by atoms with Crippen molar-refractivity contribution in [2.75, 3.05) is 6.54 Å². The second-order valence-corrected chi connectivity index (χ2v) is 7.42. The van der Waals surface area contributed by atoms with E-state index in [0.29, 0.717) is 6.54 Å². The van der Waals surface area contributed by atoms with E-state index in [9.17, 15) is 8.42 Å². The largest absolute Gasteiger partial charge is 0.218 e. The molecule has 0 N–H and O–H groups in total. The third-order valence-corrected chi connectivity index (χ3v) is 6.00. The molecule has 0 spiro atoms. The van der Waals surface area contributed by atoms with Gasteiger partial charge in [-0.15, -0.1) is 0 Å². The average Bonchev–Trinajstić information content (AvgIpc) is 2.86. The van der Waals surface area contributed by atoms with Gasteiger partial charge >= 0.3 is 0 Å². The van der Waals surface area contributed by atoms with E-state index >= 15 is 0 Å². The van der Waals surface area contributed by atoms with Gasteiger partial charge in [-0.3, -0.25) is 0 Å². The number of benzene rings is 2. The lowest BCUT2D eigenvalue weighted by molar-refractivity contribution is 0.408. The van der Waals surface area contributed by atoms with Gasteiger partial charge in [0.1, 0.15) is 0 Å². The van der Waals surface area contributed by atoms with Gasteiger partial charge in [-0.1, -0.05) is 42.5 Å². The Hall–Kier alpha value is -1.39. The zero-order valence-electron chi connectivity index (χ0n) is 11.6. The second-order valence-electron chi connectivity index (χ2n) is 5.50. The summed E-state index contributed by atoms with van der Waals surface area (Å²) in [5.41, 5.74) is 0.891. The van der Waals surface area contributed by atoms with E-state index in [4.69, 9.17) is 0 Å². The van der Waals surface area contributed by atoms with Crippen molar-refractivity contribution in [1.82, 2.24) is 4.31 Å². The highest BCUT2D eigenvalue weighted by Crippen LogP contribution is 2.26. The van der Waals surface area contributed by atoms with Crippen molar-refractivity contribution in [3.05, 3.63) is 48.0 Å². The maximum atomic E-state index is 12.6. The fraction of sp³-hybridized carbons (Fsp3) is 0.375. The summed E-state index contributed by atoms with van der Waals surface area (Å²) in [7, 11) is -3.22. The summed E-state index contributed by atoms with van der Waals surface area (Å²) in [6, 6.07) is 13.9. The van der Waals surface area contributed by atoms with Gasteiger partial charge in [0.2, 0.25) is 10.0 Å². The molecule has 0 radical (unpaired) electrons. The van der Waals surface area contributed by atoms with Gasteiger partial charge in [-0.05, 0) is 36.1 Å². The molecule has 1 unspecified atom stereocenters. The van der Waals surface area contributed by atoms with Crippen LogP contribution in [-0.4, -0.2) is 25.3 Å². The van der Waals surface area contributed by atoms with Crippen molar-refractivity contribution in [1.29, 1.82) is 0 Å². The molecule has 1 heterocycles. The number of rotatable bonds is 3. The standard InChI is InChI=1S/C16H19NO2S/c1-13-6-5-11-17(13)20(18,19)12-15-9-4-8-14-7-2-3-10-16(14)15/h2-4,7-10,13H,5-6,11-12H2,1H3. The molecular formula is C16H19NO2S. The van der Waals surface area contributed by atoms with Crippen LogP contribution in [0.1, 0.15) is 25.3 Å². The number of fused-ring (bicyclic) bond motifs is 1. The molecule has 0 bridgehead atoms. The first-order valence-electron chi connectivity index (χ1n) is 7.04. The Morgan fingerprint density at radius 3 is 2.65 bits per heavy atom. The van der Waals surface area contributed by atoms with E-state index < -0.39 is 10.0 Å². The van der Waals surface area contributed by atoms with Crippen LogP contribution in [0.2, 0.25) is 0 Å². The Kier molecular flexibility index (Phi) is 3.52. The molecule has 2 aromatic rings.